The standard InChI is InChI=1S/C18H27N3O2/c1-14-6-10-20(11-7-14)17(15-2-4-16(22)5-3-15)18(23)21-12-8-19-9-13-21/h2-5,14,17,19,22H,6-13H2,1H3. The summed E-state index contributed by atoms with van der Waals surface area (Å²) in [5.74, 6) is 1.18. The summed E-state index contributed by atoms with van der Waals surface area (Å²) < 4.78 is 0. The molecular formula is C18H27N3O2. The maximum absolute atomic E-state index is 13.2. The quantitative estimate of drug-likeness (QED) is 0.889. The van der Waals surface area contributed by atoms with Gasteiger partial charge in [-0.15, -0.1) is 0 Å². The van der Waals surface area contributed by atoms with Crippen molar-refractivity contribution in [3.63, 3.8) is 0 Å². The number of carbonyl (C=O) groups is 1. The number of amides is 1. The molecule has 0 spiro atoms. The average Bonchev–Trinajstić information content (AvgIpc) is 2.59. The molecular weight excluding hydrogens is 290 g/mol. The van der Waals surface area contributed by atoms with Crippen LogP contribution in [0.15, 0.2) is 24.3 Å². The zero-order chi connectivity index (χ0) is 16.2. The first-order valence-corrected chi connectivity index (χ1v) is 8.67. The lowest BCUT2D eigenvalue weighted by atomic mass is 9.95. The van der Waals surface area contributed by atoms with E-state index in [9.17, 15) is 9.90 Å². The van der Waals surface area contributed by atoms with Crippen molar-refractivity contribution >= 4 is 5.91 Å². The van der Waals surface area contributed by atoms with Crippen molar-refractivity contribution in [2.24, 2.45) is 5.92 Å². The van der Waals surface area contributed by atoms with E-state index in [0.717, 1.165) is 63.6 Å². The van der Waals surface area contributed by atoms with Crippen LogP contribution in [0.4, 0.5) is 0 Å². The van der Waals surface area contributed by atoms with Crippen molar-refractivity contribution in [3.05, 3.63) is 29.8 Å². The molecule has 1 amide bonds. The fourth-order valence-corrected chi connectivity index (χ4v) is 3.51. The van der Waals surface area contributed by atoms with E-state index in [-0.39, 0.29) is 17.7 Å². The van der Waals surface area contributed by atoms with Gasteiger partial charge in [0, 0.05) is 26.2 Å². The number of carbonyl (C=O) groups excluding carboxylic acids is 1. The van der Waals surface area contributed by atoms with E-state index in [1.54, 1.807) is 12.1 Å². The van der Waals surface area contributed by atoms with Gasteiger partial charge >= 0.3 is 0 Å². The van der Waals surface area contributed by atoms with E-state index in [4.69, 9.17) is 0 Å². The van der Waals surface area contributed by atoms with Gasteiger partial charge in [0.25, 0.3) is 0 Å². The highest BCUT2D eigenvalue weighted by Gasteiger charge is 2.33. The molecule has 1 aromatic carbocycles. The lowest BCUT2D eigenvalue weighted by molar-refractivity contribution is -0.138. The fourth-order valence-electron chi connectivity index (χ4n) is 3.51. The molecule has 5 heteroatoms. The highest BCUT2D eigenvalue weighted by Crippen LogP contribution is 2.29. The second-order valence-electron chi connectivity index (χ2n) is 6.79. The molecule has 2 fully saturated rings. The van der Waals surface area contributed by atoms with Crippen LogP contribution in [-0.4, -0.2) is 60.1 Å². The molecule has 0 aromatic heterocycles. The molecule has 0 bridgehead atoms. The van der Waals surface area contributed by atoms with Crippen LogP contribution in [0.5, 0.6) is 5.75 Å². The third-order valence-electron chi connectivity index (χ3n) is 5.05. The second kappa shape index (κ2) is 7.32. The molecule has 2 N–H and O–H groups in total. The van der Waals surface area contributed by atoms with E-state index >= 15 is 0 Å². The SMILES string of the molecule is CC1CCN(C(C(=O)N2CCNCC2)c2ccc(O)cc2)CC1. The molecule has 1 aromatic rings. The number of phenols is 1. The summed E-state index contributed by atoms with van der Waals surface area (Å²) >= 11 is 0. The number of likely N-dealkylation sites (tertiary alicyclic amines) is 1. The van der Waals surface area contributed by atoms with Crippen LogP contribution in [0.2, 0.25) is 0 Å². The summed E-state index contributed by atoms with van der Waals surface area (Å²) in [4.78, 5) is 17.5. The van der Waals surface area contributed by atoms with Gasteiger partial charge in [-0.25, -0.2) is 0 Å². The number of benzene rings is 1. The van der Waals surface area contributed by atoms with E-state index in [0.29, 0.717) is 0 Å². The molecule has 2 saturated heterocycles. The van der Waals surface area contributed by atoms with E-state index in [2.05, 4.69) is 17.1 Å². The Morgan fingerprint density at radius 3 is 2.35 bits per heavy atom. The number of hydrogen-bond donors (Lipinski definition) is 2. The Morgan fingerprint density at radius 1 is 1.13 bits per heavy atom. The predicted octanol–water partition coefficient (Wildman–Crippen LogP) is 1.60. The van der Waals surface area contributed by atoms with E-state index < -0.39 is 0 Å². The number of rotatable bonds is 3. The molecule has 0 aliphatic carbocycles. The number of hydrogen-bond acceptors (Lipinski definition) is 4. The average molecular weight is 317 g/mol. The van der Waals surface area contributed by atoms with Crippen molar-refractivity contribution in [2.75, 3.05) is 39.3 Å². The molecule has 23 heavy (non-hydrogen) atoms. The molecule has 5 nitrogen and oxygen atoms in total. The van der Waals surface area contributed by atoms with Crippen LogP contribution >= 0.6 is 0 Å². The van der Waals surface area contributed by atoms with Gasteiger partial charge in [-0.05, 0) is 49.5 Å². The second-order valence-corrected chi connectivity index (χ2v) is 6.79. The van der Waals surface area contributed by atoms with Gasteiger partial charge in [0.05, 0.1) is 0 Å². The Kier molecular flexibility index (Phi) is 5.18. The lowest BCUT2D eigenvalue weighted by Crippen LogP contribution is -2.51. The van der Waals surface area contributed by atoms with E-state index in [1.165, 1.54) is 0 Å². The monoisotopic (exact) mass is 317 g/mol. The number of phenolic OH excluding ortho intramolecular Hbond substituents is 1. The van der Waals surface area contributed by atoms with Crippen LogP contribution in [0.25, 0.3) is 0 Å². The Balaban J connectivity index is 1.83. The molecule has 0 saturated carbocycles. The van der Waals surface area contributed by atoms with Gasteiger partial charge in [0.2, 0.25) is 5.91 Å². The number of piperazine rings is 1. The zero-order valence-electron chi connectivity index (χ0n) is 13.9. The normalized spacial score (nSPS) is 22.0. The van der Waals surface area contributed by atoms with Gasteiger partial charge in [-0.2, -0.15) is 0 Å². The summed E-state index contributed by atoms with van der Waals surface area (Å²) in [6.07, 6.45) is 2.28. The summed E-state index contributed by atoms with van der Waals surface area (Å²) in [6, 6.07) is 6.91. The van der Waals surface area contributed by atoms with Crippen LogP contribution in [0.1, 0.15) is 31.4 Å². The van der Waals surface area contributed by atoms with Crippen LogP contribution in [0.3, 0.4) is 0 Å². The van der Waals surface area contributed by atoms with Crippen molar-refractivity contribution in [3.8, 4) is 5.75 Å². The number of nitrogens with one attached hydrogen (secondary N) is 1. The lowest BCUT2D eigenvalue weighted by Gasteiger charge is -2.39. The largest absolute Gasteiger partial charge is 0.508 e. The molecule has 2 aliphatic heterocycles. The van der Waals surface area contributed by atoms with Crippen molar-refractivity contribution in [2.45, 2.75) is 25.8 Å². The Labute approximate surface area is 138 Å². The molecule has 3 rings (SSSR count). The van der Waals surface area contributed by atoms with Crippen molar-refractivity contribution < 1.29 is 9.90 Å². The first kappa shape index (κ1) is 16.3. The minimum absolute atomic E-state index is 0.201. The first-order chi connectivity index (χ1) is 11.1. The summed E-state index contributed by atoms with van der Waals surface area (Å²) in [5.41, 5.74) is 0.987. The van der Waals surface area contributed by atoms with Crippen molar-refractivity contribution in [1.29, 1.82) is 0 Å². The van der Waals surface area contributed by atoms with Gasteiger partial charge < -0.3 is 15.3 Å². The highest BCUT2D eigenvalue weighted by molar-refractivity contribution is 5.83. The molecule has 2 aliphatic rings. The van der Waals surface area contributed by atoms with Crippen LogP contribution in [-0.2, 0) is 4.79 Å². The molecule has 1 unspecified atom stereocenters. The maximum Gasteiger partial charge on any atom is 0.244 e. The zero-order valence-corrected chi connectivity index (χ0v) is 13.9. The smallest absolute Gasteiger partial charge is 0.244 e. The first-order valence-electron chi connectivity index (χ1n) is 8.67. The Morgan fingerprint density at radius 2 is 1.74 bits per heavy atom. The summed E-state index contributed by atoms with van der Waals surface area (Å²) in [6.45, 7) is 7.49. The summed E-state index contributed by atoms with van der Waals surface area (Å²) in [5, 5.41) is 12.9. The molecule has 0 radical (unpaired) electrons. The topological polar surface area (TPSA) is 55.8 Å². The van der Waals surface area contributed by atoms with E-state index in [1.807, 2.05) is 17.0 Å². The van der Waals surface area contributed by atoms with Gasteiger partial charge in [0.1, 0.15) is 11.8 Å². The predicted molar refractivity (Wildman–Crippen MR) is 90.3 cm³/mol. The molecule has 1 atom stereocenters. The third kappa shape index (κ3) is 3.85. The molecule has 126 valence electrons. The van der Waals surface area contributed by atoms with Gasteiger partial charge in [-0.1, -0.05) is 19.1 Å². The van der Waals surface area contributed by atoms with Crippen molar-refractivity contribution in [1.82, 2.24) is 15.1 Å². The Bertz CT molecular complexity index is 518. The Hall–Kier alpha value is -1.59. The van der Waals surface area contributed by atoms with Crippen LogP contribution in [0, 0.1) is 5.92 Å². The van der Waals surface area contributed by atoms with Gasteiger partial charge in [0.15, 0.2) is 0 Å². The fraction of sp³-hybridized carbons (Fsp3) is 0.611. The number of nitrogens with zero attached hydrogens (tertiary/aromatic N) is 2. The van der Waals surface area contributed by atoms with Crippen LogP contribution < -0.4 is 5.32 Å². The summed E-state index contributed by atoms with van der Waals surface area (Å²) in [7, 11) is 0. The maximum atomic E-state index is 13.2. The minimum Gasteiger partial charge on any atom is -0.508 e. The third-order valence-corrected chi connectivity index (χ3v) is 5.05. The minimum atomic E-state index is -0.221. The number of piperidine rings is 1. The highest BCUT2D eigenvalue weighted by atomic mass is 16.3. The van der Waals surface area contributed by atoms with Gasteiger partial charge in [-0.3, -0.25) is 9.69 Å². The molecule has 2 heterocycles. The number of aromatic hydroxyl groups is 1.